The van der Waals surface area contributed by atoms with E-state index in [1.807, 2.05) is 0 Å². The SMILES string of the molecule is C.C.CNC1CN(Cc2ccccc2)CC[C@H]1C.Cc1ccc(C(=O)OC(C(=O)O)C(OC(=O)c2ccc(C)cc2)C(=O)O)cc1. The van der Waals surface area contributed by atoms with Gasteiger partial charge in [-0.3, -0.25) is 4.90 Å². The number of hydrogen-bond acceptors (Lipinski definition) is 8. The molecule has 0 spiro atoms. The molecule has 10 nitrogen and oxygen atoms in total. The van der Waals surface area contributed by atoms with Gasteiger partial charge in [-0.2, -0.15) is 0 Å². The molecule has 4 rings (SSSR count). The summed E-state index contributed by atoms with van der Waals surface area (Å²) in [5.74, 6) is -4.82. The summed E-state index contributed by atoms with van der Waals surface area (Å²) < 4.78 is 9.64. The molecular weight excluding hydrogens is 588 g/mol. The van der Waals surface area contributed by atoms with Crippen molar-refractivity contribution in [2.75, 3.05) is 20.1 Å². The molecule has 4 atom stereocenters. The van der Waals surface area contributed by atoms with Crippen LogP contribution in [0.2, 0.25) is 0 Å². The summed E-state index contributed by atoms with van der Waals surface area (Å²) in [4.78, 5) is 49.9. The van der Waals surface area contributed by atoms with E-state index in [2.05, 4.69) is 54.5 Å². The van der Waals surface area contributed by atoms with Crippen LogP contribution in [0.15, 0.2) is 78.9 Å². The average Bonchev–Trinajstić information content (AvgIpc) is 3.01. The zero-order valence-corrected chi connectivity index (χ0v) is 25.4. The fourth-order valence-corrected chi connectivity index (χ4v) is 4.73. The van der Waals surface area contributed by atoms with Gasteiger partial charge < -0.3 is 25.0 Å². The van der Waals surface area contributed by atoms with Crippen LogP contribution in [-0.4, -0.2) is 77.4 Å². The number of carboxylic acids is 2. The summed E-state index contributed by atoms with van der Waals surface area (Å²) in [5, 5.41) is 22.1. The van der Waals surface area contributed by atoms with E-state index >= 15 is 0 Å². The summed E-state index contributed by atoms with van der Waals surface area (Å²) in [6, 6.07) is 23.5. The number of rotatable bonds is 10. The monoisotopic (exact) mass is 636 g/mol. The van der Waals surface area contributed by atoms with Crippen LogP contribution in [0.4, 0.5) is 0 Å². The van der Waals surface area contributed by atoms with Gasteiger partial charge in [-0.1, -0.05) is 87.5 Å². The molecule has 0 aromatic heterocycles. The fraction of sp³-hybridized carbons (Fsp3) is 0.389. The minimum absolute atomic E-state index is 0. The van der Waals surface area contributed by atoms with Crippen molar-refractivity contribution < 1.29 is 38.9 Å². The molecule has 250 valence electrons. The van der Waals surface area contributed by atoms with Crippen LogP contribution in [0.25, 0.3) is 0 Å². The summed E-state index contributed by atoms with van der Waals surface area (Å²) >= 11 is 0. The molecule has 0 saturated carbocycles. The summed E-state index contributed by atoms with van der Waals surface area (Å²) in [6.07, 6.45) is -3.14. The predicted octanol–water partition coefficient (Wildman–Crippen LogP) is 5.61. The Morgan fingerprint density at radius 1 is 0.783 bits per heavy atom. The molecule has 3 N–H and O–H groups in total. The second-order valence-electron chi connectivity index (χ2n) is 10.9. The highest BCUT2D eigenvalue weighted by Crippen LogP contribution is 2.19. The molecule has 0 bridgehead atoms. The van der Waals surface area contributed by atoms with E-state index in [4.69, 9.17) is 9.47 Å². The second kappa shape index (κ2) is 19.1. The van der Waals surface area contributed by atoms with Crippen LogP contribution in [0, 0.1) is 19.8 Å². The molecule has 46 heavy (non-hydrogen) atoms. The van der Waals surface area contributed by atoms with E-state index in [1.165, 1.54) is 49.3 Å². The van der Waals surface area contributed by atoms with E-state index in [0.29, 0.717) is 6.04 Å². The van der Waals surface area contributed by atoms with Gasteiger partial charge in [0.05, 0.1) is 11.1 Å². The van der Waals surface area contributed by atoms with Gasteiger partial charge in [0.25, 0.3) is 0 Å². The Morgan fingerprint density at radius 2 is 1.22 bits per heavy atom. The highest BCUT2D eigenvalue weighted by molar-refractivity contribution is 5.95. The van der Waals surface area contributed by atoms with Crippen molar-refractivity contribution in [1.82, 2.24) is 10.2 Å². The quantitative estimate of drug-likeness (QED) is 0.240. The molecule has 1 aliphatic rings. The average molecular weight is 637 g/mol. The molecule has 3 aromatic rings. The van der Waals surface area contributed by atoms with Gasteiger partial charge in [-0.25, -0.2) is 19.2 Å². The van der Waals surface area contributed by atoms with E-state index in [9.17, 15) is 29.4 Å². The second-order valence-corrected chi connectivity index (χ2v) is 10.9. The summed E-state index contributed by atoms with van der Waals surface area (Å²) in [6.45, 7) is 9.42. The number of esters is 2. The number of likely N-dealkylation sites (N-methyl/N-ethyl adjacent to an activating group) is 1. The number of carbonyl (C=O) groups is 4. The van der Waals surface area contributed by atoms with Crippen molar-refractivity contribution in [2.45, 2.75) is 66.8 Å². The summed E-state index contributed by atoms with van der Waals surface area (Å²) in [7, 11) is 2.08. The minimum atomic E-state index is -2.22. The van der Waals surface area contributed by atoms with Crippen molar-refractivity contribution in [3.63, 3.8) is 0 Å². The third kappa shape index (κ3) is 11.8. The number of aryl methyl sites for hydroxylation is 2. The molecule has 10 heteroatoms. The molecule has 1 heterocycles. The van der Waals surface area contributed by atoms with Crippen LogP contribution in [-0.2, 0) is 25.6 Å². The van der Waals surface area contributed by atoms with Crippen LogP contribution in [0.5, 0.6) is 0 Å². The Morgan fingerprint density at radius 3 is 1.61 bits per heavy atom. The van der Waals surface area contributed by atoms with Crippen LogP contribution < -0.4 is 5.32 Å². The zero-order valence-electron chi connectivity index (χ0n) is 25.4. The standard InChI is InChI=1S/C20H18O8.C14H22N2.2CH4/c1-11-3-7-13(8-4-11)19(25)27-15(17(21)22)16(18(23)24)28-20(26)14-9-5-12(2)6-10-14;1-12-8-9-16(11-14(12)15-2)10-13-6-4-3-5-7-13;;/h3-10,15-16H,1-2H3,(H,21,22)(H,23,24);3-7,12,14-15H,8-11H2,1-2H3;2*1H4/t;12-,14?;;/m.1../s1. The lowest BCUT2D eigenvalue weighted by Gasteiger charge is -2.37. The fourth-order valence-electron chi connectivity index (χ4n) is 4.73. The van der Waals surface area contributed by atoms with Gasteiger partial charge in [0.2, 0.25) is 12.2 Å². The number of ether oxygens (including phenoxy) is 2. The Kier molecular flexibility index (Phi) is 16.4. The first-order chi connectivity index (χ1) is 21.0. The number of hydrogen-bond donors (Lipinski definition) is 3. The van der Waals surface area contributed by atoms with Gasteiger partial charge >= 0.3 is 23.9 Å². The lowest BCUT2D eigenvalue weighted by atomic mass is 9.93. The predicted molar refractivity (Wildman–Crippen MR) is 178 cm³/mol. The normalized spacial score (nSPS) is 17.0. The number of nitrogens with zero attached hydrogens (tertiary/aromatic N) is 1. The molecule has 1 aliphatic heterocycles. The largest absolute Gasteiger partial charge is 0.478 e. The van der Waals surface area contributed by atoms with Crippen LogP contribution in [0.1, 0.15) is 65.6 Å². The Balaban J connectivity index is 0.000000501. The van der Waals surface area contributed by atoms with E-state index in [1.54, 1.807) is 38.1 Å². The highest BCUT2D eigenvalue weighted by atomic mass is 16.6. The third-order valence-electron chi connectivity index (χ3n) is 7.47. The maximum absolute atomic E-state index is 12.2. The van der Waals surface area contributed by atoms with Crippen molar-refractivity contribution in [2.24, 2.45) is 5.92 Å². The van der Waals surface area contributed by atoms with Crippen molar-refractivity contribution in [1.29, 1.82) is 0 Å². The first-order valence-electron chi connectivity index (χ1n) is 14.4. The Hall–Kier alpha value is -4.54. The maximum atomic E-state index is 12.2. The molecule has 3 unspecified atom stereocenters. The van der Waals surface area contributed by atoms with Gasteiger partial charge in [0, 0.05) is 19.1 Å². The van der Waals surface area contributed by atoms with Gasteiger partial charge in [0.15, 0.2) is 0 Å². The molecule has 0 aliphatic carbocycles. The number of piperidine rings is 1. The molecule has 0 radical (unpaired) electrons. The molecular formula is C36H48N2O8. The van der Waals surface area contributed by atoms with Crippen molar-refractivity contribution in [3.8, 4) is 0 Å². The van der Waals surface area contributed by atoms with Crippen molar-refractivity contribution in [3.05, 3.63) is 107 Å². The first-order valence-corrected chi connectivity index (χ1v) is 14.4. The van der Waals surface area contributed by atoms with Gasteiger partial charge in [0.1, 0.15) is 0 Å². The smallest absolute Gasteiger partial charge is 0.349 e. The third-order valence-corrected chi connectivity index (χ3v) is 7.47. The van der Waals surface area contributed by atoms with Gasteiger partial charge in [-0.05, 0) is 69.6 Å². The first kappa shape index (κ1) is 39.5. The van der Waals surface area contributed by atoms with Crippen molar-refractivity contribution >= 4 is 23.9 Å². The lowest BCUT2D eigenvalue weighted by Crippen LogP contribution is -2.48. The van der Waals surface area contributed by atoms with Gasteiger partial charge in [-0.15, -0.1) is 0 Å². The van der Waals surface area contributed by atoms with E-state index in [-0.39, 0.29) is 26.0 Å². The van der Waals surface area contributed by atoms with Crippen LogP contribution >= 0.6 is 0 Å². The Bertz CT molecular complexity index is 1320. The number of likely N-dealkylation sites (tertiary alicyclic amines) is 1. The van der Waals surface area contributed by atoms with E-state index < -0.39 is 36.1 Å². The molecule has 0 amide bonds. The number of aliphatic carboxylic acids is 2. The topological polar surface area (TPSA) is 142 Å². The number of carbonyl (C=O) groups excluding carboxylic acids is 2. The number of benzene rings is 3. The molecule has 1 fully saturated rings. The highest BCUT2D eigenvalue weighted by Gasteiger charge is 2.41. The molecule has 1 saturated heterocycles. The minimum Gasteiger partial charge on any atom is -0.478 e. The Labute approximate surface area is 272 Å². The maximum Gasteiger partial charge on any atom is 0.349 e. The van der Waals surface area contributed by atoms with E-state index in [0.717, 1.165) is 23.6 Å². The number of nitrogens with one attached hydrogen (secondary N) is 1. The lowest BCUT2D eigenvalue weighted by molar-refractivity contribution is -0.166. The molecule has 3 aromatic carbocycles. The number of carboxylic acid groups (broad SMARTS) is 2. The zero-order chi connectivity index (χ0) is 32.2. The van der Waals surface area contributed by atoms with Crippen LogP contribution in [0.3, 0.4) is 0 Å². The summed E-state index contributed by atoms with van der Waals surface area (Å²) in [5.41, 5.74) is 3.21.